The maximum Gasteiger partial charge on any atom is 0.137 e. The van der Waals surface area contributed by atoms with E-state index in [0.29, 0.717) is 5.92 Å². The Morgan fingerprint density at radius 1 is 0.737 bits per heavy atom. The van der Waals surface area contributed by atoms with Crippen LogP contribution in [0.4, 0.5) is 0 Å². The molecule has 1 unspecified atom stereocenters. The lowest BCUT2D eigenvalue weighted by atomic mass is 9.65. The minimum Gasteiger partial charge on any atom is -0.342 e. The third-order valence-electron chi connectivity index (χ3n) is 7.54. The van der Waals surface area contributed by atoms with Gasteiger partial charge in [0.05, 0.1) is 11.2 Å². The molecule has 2 heterocycles. The Labute approximate surface area is 245 Å². The molecule has 1 fully saturated rings. The zero-order valence-corrected chi connectivity index (χ0v) is 24.7. The lowest BCUT2D eigenvalue weighted by molar-refractivity contribution is 0.0108. The van der Waals surface area contributed by atoms with Gasteiger partial charge in [-0.1, -0.05) is 105 Å². The van der Waals surface area contributed by atoms with Crippen molar-refractivity contribution in [3.63, 3.8) is 0 Å². The number of halogens is 3. The van der Waals surface area contributed by atoms with Crippen LogP contribution in [0.5, 0.6) is 0 Å². The second kappa shape index (κ2) is 14.2. The quantitative estimate of drug-likeness (QED) is 0.245. The van der Waals surface area contributed by atoms with Crippen LogP contribution in [0, 0.1) is 12.8 Å². The zero-order valence-electron chi connectivity index (χ0n) is 22.3. The van der Waals surface area contributed by atoms with E-state index in [2.05, 4.69) is 127 Å². The predicted molar refractivity (Wildman–Crippen MR) is 166 cm³/mol. The molecule has 204 valence electrons. The minimum atomic E-state index is -0.321. The standard InChI is InChI=1S/C31H36N4.3ClH/c1-23(2)31(35-21-19-32-20-22-35,29-24(3)33-30(34-29)27-17-11-6-12-18-27)28(25-13-7-4-8-14-25)26-15-9-5-10-16-26;;;/h4-18,23,28,32H,19-22H2,1-3H3,(H,33,34);3*1H. The molecule has 1 aromatic heterocycles. The van der Waals surface area contributed by atoms with Crippen LogP contribution < -0.4 is 5.32 Å². The van der Waals surface area contributed by atoms with E-state index in [9.17, 15) is 0 Å². The topological polar surface area (TPSA) is 44.0 Å². The molecule has 0 spiro atoms. The number of aryl methyl sites for hydroxylation is 1. The van der Waals surface area contributed by atoms with Gasteiger partial charge in [-0.2, -0.15) is 0 Å². The summed E-state index contributed by atoms with van der Waals surface area (Å²) in [5.41, 5.74) is 5.76. The number of rotatable bonds is 7. The van der Waals surface area contributed by atoms with E-state index in [-0.39, 0.29) is 48.7 Å². The fraction of sp³-hybridized carbons (Fsp3) is 0.323. The molecule has 0 radical (unpaired) electrons. The van der Waals surface area contributed by atoms with Gasteiger partial charge >= 0.3 is 0 Å². The third-order valence-corrected chi connectivity index (χ3v) is 7.54. The van der Waals surface area contributed by atoms with Crippen LogP contribution in [0.3, 0.4) is 0 Å². The van der Waals surface area contributed by atoms with Gasteiger partial charge in [0.2, 0.25) is 0 Å². The van der Waals surface area contributed by atoms with Crippen LogP contribution >= 0.6 is 37.2 Å². The lowest BCUT2D eigenvalue weighted by Gasteiger charge is -2.53. The van der Waals surface area contributed by atoms with E-state index in [1.807, 2.05) is 0 Å². The monoisotopic (exact) mass is 572 g/mol. The molecule has 7 heteroatoms. The van der Waals surface area contributed by atoms with Crippen molar-refractivity contribution in [3.05, 3.63) is 114 Å². The van der Waals surface area contributed by atoms with Crippen LogP contribution in [0.25, 0.3) is 11.4 Å². The number of piperazine rings is 1. The lowest BCUT2D eigenvalue weighted by Crippen LogP contribution is -2.60. The Morgan fingerprint density at radius 3 is 1.68 bits per heavy atom. The van der Waals surface area contributed by atoms with Crippen molar-refractivity contribution in [1.29, 1.82) is 0 Å². The highest BCUT2D eigenvalue weighted by atomic mass is 35.5. The zero-order chi connectivity index (χ0) is 24.3. The van der Waals surface area contributed by atoms with Gasteiger partial charge < -0.3 is 10.3 Å². The molecule has 2 N–H and O–H groups in total. The van der Waals surface area contributed by atoms with Crippen molar-refractivity contribution in [2.24, 2.45) is 5.92 Å². The smallest absolute Gasteiger partial charge is 0.137 e. The molecule has 3 aromatic carbocycles. The molecule has 1 atom stereocenters. The summed E-state index contributed by atoms with van der Waals surface area (Å²) in [6, 6.07) is 32.5. The summed E-state index contributed by atoms with van der Waals surface area (Å²) < 4.78 is 0. The van der Waals surface area contributed by atoms with Crippen LogP contribution in [0.2, 0.25) is 0 Å². The Hall–Kier alpha value is -2.34. The summed E-state index contributed by atoms with van der Waals surface area (Å²) in [6.45, 7) is 10.9. The largest absolute Gasteiger partial charge is 0.342 e. The van der Waals surface area contributed by atoms with Gasteiger partial charge in [-0.25, -0.2) is 4.98 Å². The average molecular weight is 574 g/mol. The average Bonchev–Trinajstić information content (AvgIpc) is 3.30. The Kier molecular flexibility index (Phi) is 11.9. The number of aromatic amines is 1. The van der Waals surface area contributed by atoms with Gasteiger partial charge in [0, 0.05) is 43.4 Å². The van der Waals surface area contributed by atoms with Crippen molar-refractivity contribution in [2.75, 3.05) is 26.2 Å². The van der Waals surface area contributed by atoms with Crippen LogP contribution in [0.1, 0.15) is 42.3 Å². The summed E-state index contributed by atoms with van der Waals surface area (Å²) in [7, 11) is 0. The number of aromatic nitrogens is 2. The number of nitrogens with zero attached hydrogens (tertiary/aromatic N) is 2. The van der Waals surface area contributed by atoms with Crippen molar-refractivity contribution in [1.82, 2.24) is 20.2 Å². The first-order valence-electron chi connectivity index (χ1n) is 12.8. The van der Waals surface area contributed by atoms with E-state index in [1.54, 1.807) is 0 Å². The van der Waals surface area contributed by atoms with Gasteiger partial charge in [-0.15, -0.1) is 37.2 Å². The van der Waals surface area contributed by atoms with E-state index in [0.717, 1.165) is 49.0 Å². The first-order chi connectivity index (χ1) is 17.1. The maximum absolute atomic E-state index is 5.40. The van der Waals surface area contributed by atoms with Crippen LogP contribution in [0.15, 0.2) is 91.0 Å². The molecule has 0 saturated carbocycles. The molecule has 4 nitrogen and oxygen atoms in total. The predicted octanol–water partition coefficient (Wildman–Crippen LogP) is 7.24. The fourth-order valence-corrected chi connectivity index (χ4v) is 6.05. The molecule has 0 amide bonds. The Bertz CT molecular complexity index is 1190. The molecule has 38 heavy (non-hydrogen) atoms. The van der Waals surface area contributed by atoms with E-state index >= 15 is 0 Å². The molecule has 0 bridgehead atoms. The normalized spacial score (nSPS) is 15.2. The van der Waals surface area contributed by atoms with E-state index in [1.165, 1.54) is 11.1 Å². The summed E-state index contributed by atoms with van der Waals surface area (Å²) in [4.78, 5) is 11.8. The third kappa shape index (κ3) is 5.95. The second-order valence-corrected chi connectivity index (χ2v) is 9.90. The Morgan fingerprint density at radius 2 is 1.21 bits per heavy atom. The summed E-state index contributed by atoms with van der Waals surface area (Å²) in [5.74, 6) is 1.39. The number of hydrogen-bond donors (Lipinski definition) is 2. The first kappa shape index (κ1) is 31.9. The van der Waals surface area contributed by atoms with Gasteiger partial charge in [0.25, 0.3) is 0 Å². The Balaban J connectivity index is 0.00000169. The second-order valence-electron chi connectivity index (χ2n) is 9.90. The molecule has 0 aliphatic carbocycles. The van der Waals surface area contributed by atoms with Crippen molar-refractivity contribution in [2.45, 2.75) is 32.2 Å². The van der Waals surface area contributed by atoms with E-state index < -0.39 is 0 Å². The molecular weight excluding hydrogens is 535 g/mol. The highest BCUT2D eigenvalue weighted by molar-refractivity contribution is 5.86. The van der Waals surface area contributed by atoms with Crippen LogP contribution in [-0.4, -0.2) is 41.0 Å². The fourth-order valence-electron chi connectivity index (χ4n) is 6.05. The summed E-state index contributed by atoms with van der Waals surface area (Å²) >= 11 is 0. The number of nitrogens with one attached hydrogen (secondary N) is 2. The number of benzene rings is 3. The van der Waals surface area contributed by atoms with Crippen molar-refractivity contribution < 1.29 is 0 Å². The minimum absolute atomic E-state index is 0. The van der Waals surface area contributed by atoms with Crippen molar-refractivity contribution in [3.8, 4) is 11.4 Å². The van der Waals surface area contributed by atoms with Gasteiger partial charge in [0.1, 0.15) is 5.82 Å². The molecular formula is C31H39Cl3N4. The highest BCUT2D eigenvalue weighted by Gasteiger charge is 2.51. The molecule has 1 aliphatic heterocycles. The summed E-state index contributed by atoms with van der Waals surface area (Å²) in [6.07, 6.45) is 0. The number of H-pyrrole nitrogens is 1. The summed E-state index contributed by atoms with van der Waals surface area (Å²) in [5, 5.41) is 3.57. The highest BCUT2D eigenvalue weighted by Crippen LogP contribution is 2.51. The SMILES string of the molecule is Cc1[nH]c(-c2ccccc2)nc1C(C(C)C)(C(c1ccccc1)c1ccccc1)N1CCNCC1.Cl.Cl.Cl. The molecule has 1 aliphatic rings. The van der Waals surface area contributed by atoms with Crippen LogP contribution in [-0.2, 0) is 5.54 Å². The first-order valence-corrected chi connectivity index (χ1v) is 12.8. The maximum atomic E-state index is 5.40. The molecule has 1 saturated heterocycles. The van der Waals surface area contributed by atoms with Gasteiger partial charge in [0.15, 0.2) is 0 Å². The van der Waals surface area contributed by atoms with Gasteiger partial charge in [-0.3, -0.25) is 4.90 Å². The molecule has 5 rings (SSSR count). The van der Waals surface area contributed by atoms with Gasteiger partial charge in [-0.05, 0) is 24.0 Å². The van der Waals surface area contributed by atoms with Crippen molar-refractivity contribution >= 4 is 37.2 Å². The number of imidazole rings is 1. The number of hydrogen-bond acceptors (Lipinski definition) is 3. The molecule has 4 aromatic rings. The van der Waals surface area contributed by atoms with E-state index in [4.69, 9.17) is 4.98 Å².